The lowest BCUT2D eigenvalue weighted by molar-refractivity contribution is -0.293. The van der Waals surface area contributed by atoms with E-state index in [-0.39, 0.29) is 16.7 Å². The second kappa shape index (κ2) is 5.92. The zero-order valence-electron chi connectivity index (χ0n) is 10.5. The van der Waals surface area contributed by atoms with Gasteiger partial charge in [0.1, 0.15) is 0 Å². The molecule has 1 atom stereocenters. The summed E-state index contributed by atoms with van der Waals surface area (Å²) < 4.78 is 78.1. The highest BCUT2D eigenvalue weighted by molar-refractivity contribution is 9.10. The van der Waals surface area contributed by atoms with E-state index in [2.05, 4.69) is 26.3 Å². The molecule has 0 fully saturated rings. The van der Waals surface area contributed by atoms with Gasteiger partial charge in [0, 0.05) is 7.05 Å². The van der Waals surface area contributed by atoms with Crippen molar-refractivity contribution >= 4 is 15.9 Å². The summed E-state index contributed by atoms with van der Waals surface area (Å²) in [5.74, 6) is -3.51. The van der Waals surface area contributed by atoms with Gasteiger partial charge >= 0.3 is 12.4 Å². The molecular weight excluding hydrogens is 356 g/mol. The van der Waals surface area contributed by atoms with Crippen LogP contribution in [0.4, 0.5) is 26.3 Å². The van der Waals surface area contributed by atoms with Gasteiger partial charge in [-0.15, -0.1) is 0 Å². The van der Waals surface area contributed by atoms with Crippen LogP contribution in [0, 0.1) is 5.92 Å². The number of nitrogens with one attached hydrogen (secondary N) is 1. The molecule has 0 aromatic carbocycles. The van der Waals surface area contributed by atoms with E-state index in [1.807, 2.05) is 0 Å². The molecule has 1 N–H and O–H groups in total. The third-order valence-corrected chi connectivity index (χ3v) is 3.31. The van der Waals surface area contributed by atoms with Crippen molar-refractivity contribution in [2.45, 2.75) is 25.3 Å². The number of aromatic nitrogens is 2. The topological polar surface area (TPSA) is 29.9 Å². The van der Waals surface area contributed by atoms with Crippen molar-refractivity contribution in [2.75, 3.05) is 6.54 Å². The van der Waals surface area contributed by atoms with Gasteiger partial charge in [0.2, 0.25) is 0 Å². The first-order valence-electron chi connectivity index (χ1n) is 5.54. The standard InChI is InChI=1S/C10H12BrF6N3/c1-3-18-6(7-5(11)4-19-20(7)2)8(9(12,13)14)10(15,16)17/h4,6,8,18H,3H2,1-2H3. The summed E-state index contributed by atoms with van der Waals surface area (Å²) in [4.78, 5) is 0. The lowest BCUT2D eigenvalue weighted by Gasteiger charge is -2.31. The van der Waals surface area contributed by atoms with Crippen LogP contribution in [0.5, 0.6) is 0 Å². The summed E-state index contributed by atoms with van der Waals surface area (Å²) in [5.41, 5.74) is -0.202. The summed E-state index contributed by atoms with van der Waals surface area (Å²) >= 11 is 2.93. The number of hydrogen-bond acceptors (Lipinski definition) is 2. The van der Waals surface area contributed by atoms with Crippen molar-refractivity contribution in [1.29, 1.82) is 0 Å². The first-order chi connectivity index (χ1) is 9.00. The Morgan fingerprint density at radius 1 is 1.25 bits per heavy atom. The molecule has 0 aliphatic rings. The van der Waals surface area contributed by atoms with Crippen molar-refractivity contribution in [3.8, 4) is 0 Å². The molecule has 1 aromatic rings. The fourth-order valence-corrected chi connectivity index (χ4v) is 2.52. The van der Waals surface area contributed by atoms with Crippen LogP contribution in [0.25, 0.3) is 0 Å². The highest BCUT2D eigenvalue weighted by Gasteiger charge is 2.61. The van der Waals surface area contributed by atoms with Gasteiger partial charge in [-0.1, -0.05) is 6.92 Å². The van der Waals surface area contributed by atoms with Gasteiger partial charge in [0.15, 0.2) is 5.92 Å². The second-order valence-electron chi connectivity index (χ2n) is 4.10. The molecule has 0 saturated carbocycles. The number of aryl methyl sites for hydroxylation is 1. The minimum absolute atomic E-state index is 0.0506. The van der Waals surface area contributed by atoms with E-state index in [1.165, 1.54) is 14.0 Å². The van der Waals surface area contributed by atoms with Crippen LogP contribution < -0.4 is 5.32 Å². The Morgan fingerprint density at radius 3 is 2.05 bits per heavy atom. The predicted octanol–water partition coefficient (Wildman–Crippen LogP) is 3.57. The minimum Gasteiger partial charge on any atom is -0.308 e. The molecule has 0 saturated heterocycles. The van der Waals surface area contributed by atoms with Crippen molar-refractivity contribution in [1.82, 2.24) is 15.1 Å². The van der Waals surface area contributed by atoms with Gasteiger partial charge in [-0.05, 0) is 22.5 Å². The van der Waals surface area contributed by atoms with Gasteiger partial charge < -0.3 is 5.32 Å². The maximum atomic E-state index is 12.8. The molecule has 0 radical (unpaired) electrons. The minimum atomic E-state index is -5.42. The molecule has 1 aromatic heterocycles. The smallest absolute Gasteiger partial charge is 0.308 e. The maximum absolute atomic E-state index is 12.8. The average Bonchev–Trinajstić information content (AvgIpc) is 2.54. The molecule has 3 nitrogen and oxygen atoms in total. The van der Waals surface area contributed by atoms with Crippen molar-refractivity contribution in [3.05, 3.63) is 16.4 Å². The van der Waals surface area contributed by atoms with E-state index in [4.69, 9.17) is 0 Å². The normalized spacial score (nSPS) is 14.9. The number of hydrogen-bond donors (Lipinski definition) is 1. The van der Waals surface area contributed by atoms with Gasteiger partial charge in [0.25, 0.3) is 0 Å². The predicted molar refractivity (Wildman–Crippen MR) is 62.9 cm³/mol. The number of nitrogens with zero attached hydrogens (tertiary/aromatic N) is 2. The summed E-state index contributed by atoms with van der Waals surface area (Å²) in [6, 6.07) is -1.97. The Morgan fingerprint density at radius 2 is 1.75 bits per heavy atom. The van der Waals surface area contributed by atoms with E-state index >= 15 is 0 Å². The monoisotopic (exact) mass is 367 g/mol. The molecule has 1 heterocycles. The van der Waals surface area contributed by atoms with Crippen molar-refractivity contribution in [2.24, 2.45) is 13.0 Å². The van der Waals surface area contributed by atoms with E-state index in [0.29, 0.717) is 0 Å². The first kappa shape index (κ1) is 17.3. The van der Waals surface area contributed by atoms with Gasteiger partial charge in [-0.3, -0.25) is 4.68 Å². The van der Waals surface area contributed by atoms with Crippen LogP contribution in [0.2, 0.25) is 0 Å². The molecule has 0 spiro atoms. The van der Waals surface area contributed by atoms with Gasteiger partial charge in [-0.2, -0.15) is 31.4 Å². The lowest BCUT2D eigenvalue weighted by atomic mass is 9.95. The van der Waals surface area contributed by atoms with Gasteiger partial charge in [-0.25, -0.2) is 0 Å². The first-order valence-corrected chi connectivity index (χ1v) is 6.33. The Balaban J connectivity index is 3.37. The summed E-state index contributed by atoms with van der Waals surface area (Å²) in [7, 11) is 1.29. The zero-order valence-corrected chi connectivity index (χ0v) is 12.1. The van der Waals surface area contributed by atoms with E-state index in [0.717, 1.165) is 10.9 Å². The molecule has 0 amide bonds. The van der Waals surface area contributed by atoms with Crippen molar-refractivity contribution in [3.63, 3.8) is 0 Å². The van der Waals surface area contributed by atoms with Gasteiger partial charge in [0.05, 0.1) is 22.4 Å². The largest absolute Gasteiger partial charge is 0.402 e. The molecule has 0 bridgehead atoms. The summed E-state index contributed by atoms with van der Waals surface area (Å²) in [6.45, 7) is 1.38. The lowest BCUT2D eigenvalue weighted by Crippen LogP contribution is -2.46. The zero-order chi connectivity index (χ0) is 15.7. The molecule has 0 aliphatic carbocycles. The molecule has 0 aliphatic heterocycles. The highest BCUT2D eigenvalue weighted by atomic mass is 79.9. The molecular formula is C10H12BrF6N3. The highest BCUT2D eigenvalue weighted by Crippen LogP contribution is 2.47. The Labute approximate surface area is 119 Å². The average molecular weight is 368 g/mol. The van der Waals surface area contributed by atoms with E-state index in [9.17, 15) is 26.3 Å². The summed E-state index contributed by atoms with van der Waals surface area (Å²) in [6.07, 6.45) is -9.69. The SMILES string of the molecule is CCNC(c1c(Br)cnn1C)C(C(F)(F)F)C(F)(F)F. The van der Waals surface area contributed by atoms with Crippen molar-refractivity contribution < 1.29 is 26.3 Å². The fourth-order valence-electron chi connectivity index (χ4n) is 1.93. The van der Waals surface area contributed by atoms with Crippen LogP contribution in [0.15, 0.2) is 10.7 Å². The third-order valence-electron chi connectivity index (χ3n) is 2.69. The number of halogens is 7. The molecule has 116 valence electrons. The van der Waals surface area contributed by atoms with Crippen LogP contribution in [-0.4, -0.2) is 28.7 Å². The second-order valence-corrected chi connectivity index (χ2v) is 4.95. The number of alkyl halides is 6. The molecule has 1 rings (SSSR count). The third kappa shape index (κ3) is 3.66. The quantitative estimate of drug-likeness (QED) is 0.824. The van der Waals surface area contributed by atoms with Crippen LogP contribution in [-0.2, 0) is 7.05 Å². The Hall–Kier alpha value is -0.770. The molecule has 10 heteroatoms. The maximum Gasteiger partial charge on any atom is 0.402 e. The molecule has 20 heavy (non-hydrogen) atoms. The number of rotatable bonds is 4. The summed E-state index contributed by atoms with van der Waals surface area (Å²) in [5, 5.41) is 5.91. The molecule has 1 unspecified atom stereocenters. The van der Waals surface area contributed by atoms with Crippen LogP contribution in [0.1, 0.15) is 18.7 Å². The fraction of sp³-hybridized carbons (Fsp3) is 0.700. The van der Waals surface area contributed by atoms with E-state index in [1.54, 1.807) is 0 Å². The Bertz CT molecular complexity index is 419. The van der Waals surface area contributed by atoms with Crippen LogP contribution in [0.3, 0.4) is 0 Å². The Kier molecular flexibility index (Phi) is 5.12. The van der Waals surface area contributed by atoms with E-state index < -0.39 is 24.3 Å². The van der Waals surface area contributed by atoms with Crippen LogP contribution >= 0.6 is 15.9 Å².